The van der Waals surface area contributed by atoms with Crippen LogP contribution in [0.1, 0.15) is 59.8 Å². The van der Waals surface area contributed by atoms with Gasteiger partial charge in [0.2, 0.25) is 0 Å². The van der Waals surface area contributed by atoms with E-state index in [1.54, 1.807) is 0 Å². The summed E-state index contributed by atoms with van der Waals surface area (Å²) in [6, 6.07) is 0. The standard InChI is InChI=1S/C9H13.C7H13NO.C2H7Si.2ClH.Ti/c1-6-5-7(2)9(4)8(6)3;8-7(9)6-4-2-1-3-5-6;1-3-2;;;/h6H,1-4H3;6H,1-5H2,(H2,8,9);3H,1-2H3;2*1H;/q-1;;;;;+4/p-3. The number of carbonyl (C=O) groups excluding carboxylic acids is 1. The van der Waals surface area contributed by atoms with Gasteiger partial charge in [0, 0.05) is 15.4 Å². The van der Waals surface area contributed by atoms with E-state index in [-0.39, 0.29) is 58.4 Å². The van der Waals surface area contributed by atoms with E-state index in [1.165, 1.54) is 23.1 Å². The predicted molar refractivity (Wildman–Crippen MR) is 94.7 cm³/mol. The molecule has 1 atom stereocenters. The largest absolute Gasteiger partial charge is 4.00 e. The van der Waals surface area contributed by atoms with E-state index < -0.39 is 0 Å². The van der Waals surface area contributed by atoms with Gasteiger partial charge < -0.3 is 35.3 Å². The number of allylic oxidation sites excluding steroid dienone is 4. The molecule has 0 aromatic heterocycles. The second-order valence-corrected chi connectivity index (χ2v) is 7.23. The summed E-state index contributed by atoms with van der Waals surface area (Å²) in [5.41, 5.74) is 11.1. The van der Waals surface area contributed by atoms with Crippen LogP contribution in [0.3, 0.4) is 0 Å². The summed E-state index contributed by atoms with van der Waals surface area (Å²) in [5.74, 6) is 0.290. The van der Waals surface area contributed by atoms with Crippen LogP contribution < -0.4 is 24.8 Å². The van der Waals surface area contributed by atoms with Crippen molar-refractivity contribution >= 4 is 15.4 Å². The Kier molecular flexibility index (Phi) is 24.5. The molecule has 6 heteroatoms. The summed E-state index contributed by atoms with van der Waals surface area (Å²) in [6.07, 6.45) is 8.83. The average molecular weight is 425 g/mol. The van der Waals surface area contributed by atoms with Crippen molar-refractivity contribution in [1.29, 1.82) is 0 Å². The van der Waals surface area contributed by atoms with Gasteiger partial charge >= 0.3 is 21.7 Å². The van der Waals surface area contributed by atoms with Gasteiger partial charge in [-0.1, -0.05) is 59.0 Å². The maximum absolute atomic E-state index is 10.5. The van der Waals surface area contributed by atoms with Gasteiger partial charge in [0.1, 0.15) is 0 Å². The Morgan fingerprint density at radius 1 is 1.08 bits per heavy atom. The third kappa shape index (κ3) is 12.8. The van der Waals surface area contributed by atoms with Crippen LogP contribution in [0.25, 0.3) is 5.73 Å². The number of hydrogen-bond donors (Lipinski definition) is 0. The Hall–Kier alpha value is 0.461. The molecular weight excluding hydrogens is 393 g/mol. The first kappa shape index (κ1) is 32.2. The molecule has 1 amide bonds. The van der Waals surface area contributed by atoms with E-state index in [2.05, 4.69) is 46.9 Å². The van der Waals surface area contributed by atoms with Crippen LogP contribution in [0.4, 0.5) is 0 Å². The minimum atomic E-state index is -0.352. The summed E-state index contributed by atoms with van der Waals surface area (Å²) < 4.78 is 0. The molecule has 2 nitrogen and oxygen atoms in total. The van der Waals surface area contributed by atoms with Gasteiger partial charge in [-0.15, -0.1) is 6.92 Å². The van der Waals surface area contributed by atoms with E-state index >= 15 is 0 Å². The van der Waals surface area contributed by atoms with E-state index in [9.17, 15) is 4.79 Å². The molecule has 24 heavy (non-hydrogen) atoms. The van der Waals surface area contributed by atoms with Gasteiger partial charge in [0.15, 0.2) is 0 Å². The number of halogens is 2. The van der Waals surface area contributed by atoms with Crippen molar-refractivity contribution in [2.45, 2.75) is 72.9 Å². The van der Waals surface area contributed by atoms with E-state index in [0.717, 1.165) is 35.2 Å². The summed E-state index contributed by atoms with van der Waals surface area (Å²) >= 11 is 0. The zero-order valence-electron chi connectivity index (χ0n) is 15.9. The van der Waals surface area contributed by atoms with Gasteiger partial charge in [-0.25, -0.2) is 5.57 Å². The topological polar surface area (TPSA) is 40.9 Å². The molecule has 0 saturated heterocycles. The first-order valence-electron chi connectivity index (χ1n) is 8.12. The van der Waals surface area contributed by atoms with Crippen molar-refractivity contribution in [3.63, 3.8) is 0 Å². The van der Waals surface area contributed by atoms with Crippen molar-refractivity contribution in [3.05, 3.63) is 28.5 Å². The Morgan fingerprint density at radius 3 is 1.67 bits per heavy atom. The van der Waals surface area contributed by atoms with Crippen molar-refractivity contribution in [1.82, 2.24) is 0 Å². The van der Waals surface area contributed by atoms with Gasteiger partial charge in [-0.3, -0.25) is 6.08 Å². The average Bonchev–Trinajstić information content (AvgIpc) is 2.68. The van der Waals surface area contributed by atoms with Crippen LogP contribution in [-0.4, -0.2) is 15.4 Å². The second-order valence-electron chi connectivity index (χ2n) is 6.08. The molecule has 1 fully saturated rings. The number of rotatable bonds is 1. The van der Waals surface area contributed by atoms with Crippen LogP contribution in [0.15, 0.2) is 16.7 Å². The smallest absolute Gasteiger partial charge is 1.00 e. The predicted octanol–water partition coefficient (Wildman–Crippen LogP) is -0.608. The molecule has 2 aliphatic rings. The molecule has 137 valence electrons. The molecular formula is C18H32Cl2NOSiTi. The molecule has 2 rings (SSSR count). The van der Waals surface area contributed by atoms with Crippen molar-refractivity contribution in [3.8, 4) is 0 Å². The first-order chi connectivity index (χ1) is 9.84. The molecule has 0 aromatic rings. The SMILES string of the molecule is CC1=[C-]C(C)C(C)=C1C.C[SiH]C.[Cl-].[Cl-].[NH-]C(=O)C1CCCCC1.[Ti+4]. The van der Waals surface area contributed by atoms with Crippen LogP contribution in [0, 0.1) is 17.9 Å². The first-order valence-corrected chi connectivity index (χ1v) is 10.4. The molecule has 0 bridgehead atoms. The molecule has 1 N–H and O–H groups in total. The normalized spacial score (nSPS) is 19.1. The van der Waals surface area contributed by atoms with Crippen molar-refractivity contribution < 1.29 is 51.3 Å². The van der Waals surface area contributed by atoms with E-state index in [0.29, 0.717) is 5.92 Å². The molecule has 0 aromatic carbocycles. The quantitative estimate of drug-likeness (QED) is 0.409. The van der Waals surface area contributed by atoms with E-state index in [4.69, 9.17) is 5.73 Å². The molecule has 1 radical (unpaired) electrons. The Bertz CT molecular complexity index is 394. The third-order valence-corrected chi connectivity index (χ3v) is 4.21. The number of carbonyl (C=O) groups is 1. The van der Waals surface area contributed by atoms with Gasteiger partial charge in [0.05, 0.1) is 5.91 Å². The molecule has 2 aliphatic carbocycles. The molecule has 0 heterocycles. The monoisotopic (exact) mass is 424 g/mol. The minimum absolute atomic E-state index is 0. The zero-order valence-corrected chi connectivity index (χ0v) is 20.2. The summed E-state index contributed by atoms with van der Waals surface area (Å²) in [4.78, 5) is 10.5. The summed E-state index contributed by atoms with van der Waals surface area (Å²) in [6.45, 7) is 13.1. The van der Waals surface area contributed by atoms with Crippen LogP contribution in [0.2, 0.25) is 13.1 Å². The molecule has 1 unspecified atom stereocenters. The molecule has 0 aliphatic heterocycles. The second kappa shape index (κ2) is 18.3. The number of nitrogens with one attached hydrogen (secondary N) is 1. The summed E-state index contributed by atoms with van der Waals surface area (Å²) in [5, 5.41) is 0. The maximum Gasteiger partial charge on any atom is 4.00 e. The number of hydrogen-bond acceptors (Lipinski definition) is 1. The van der Waals surface area contributed by atoms with Crippen LogP contribution >= 0.6 is 0 Å². The van der Waals surface area contributed by atoms with Crippen molar-refractivity contribution in [2.75, 3.05) is 0 Å². The van der Waals surface area contributed by atoms with Gasteiger partial charge in [0.25, 0.3) is 0 Å². The van der Waals surface area contributed by atoms with Crippen LogP contribution in [-0.2, 0) is 26.5 Å². The molecule has 1 saturated carbocycles. The Balaban J connectivity index is -0.000000130. The molecule has 0 spiro atoms. The number of amides is 1. The Morgan fingerprint density at radius 2 is 1.50 bits per heavy atom. The maximum atomic E-state index is 10.5. The fourth-order valence-electron chi connectivity index (χ4n) is 2.53. The minimum Gasteiger partial charge on any atom is -1.00 e. The van der Waals surface area contributed by atoms with Gasteiger partial charge in [-0.05, 0) is 12.8 Å². The van der Waals surface area contributed by atoms with Crippen LogP contribution in [0.5, 0.6) is 0 Å². The third-order valence-electron chi connectivity index (χ3n) is 4.21. The fourth-order valence-corrected chi connectivity index (χ4v) is 2.53. The Labute approximate surface area is 179 Å². The summed E-state index contributed by atoms with van der Waals surface area (Å²) in [7, 11) is 0.750. The zero-order chi connectivity index (χ0) is 16.4. The van der Waals surface area contributed by atoms with Crippen molar-refractivity contribution in [2.24, 2.45) is 11.8 Å². The van der Waals surface area contributed by atoms with E-state index in [1.807, 2.05) is 0 Å². The fraction of sp³-hybridized carbons (Fsp3) is 0.722. The van der Waals surface area contributed by atoms with Gasteiger partial charge in [-0.2, -0.15) is 11.1 Å².